The summed E-state index contributed by atoms with van der Waals surface area (Å²) in [6, 6.07) is 0.995. The molecule has 2 heterocycles. The first-order chi connectivity index (χ1) is 8.93. The highest BCUT2D eigenvalue weighted by Gasteiger charge is 2.35. The molecule has 8 heteroatoms. The van der Waals surface area contributed by atoms with E-state index in [1.54, 1.807) is 0 Å². The molecule has 2 N–H and O–H groups in total. The van der Waals surface area contributed by atoms with Crippen molar-refractivity contribution in [2.45, 2.75) is 12.6 Å². The molecule has 0 fully saturated rings. The maximum absolute atomic E-state index is 13.0. The van der Waals surface area contributed by atoms with Crippen LogP contribution in [0.5, 0.6) is 0 Å². The van der Waals surface area contributed by atoms with E-state index < -0.39 is 11.7 Å². The smallest absolute Gasteiger partial charge is 0.330 e. The van der Waals surface area contributed by atoms with Crippen LogP contribution in [0, 0.1) is 0 Å². The summed E-state index contributed by atoms with van der Waals surface area (Å²) in [7, 11) is 0. The van der Waals surface area contributed by atoms with E-state index in [0.29, 0.717) is 18.8 Å². The summed E-state index contributed by atoms with van der Waals surface area (Å²) in [5.41, 5.74) is 4.59. The van der Waals surface area contributed by atoms with Gasteiger partial charge in [0.2, 0.25) is 0 Å². The van der Waals surface area contributed by atoms with Crippen LogP contribution >= 0.6 is 15.9 Å². The molecular weight excluding hydrogens is 325 g/mol. The molecule has 0 saturated carbocycles. The van der Waals surface area contributed by atoms with Crippen LogP contribution in [0.25, 0.3) is 5.82 Å². The molecule has 102 valence electrons. The third-order valence-electron chi connectivity index (χ3n) is 2.45. The molecule has 0 saturated heterocycles. The monoisotopic (exact) mass is 334 g/mol. The number of hydrogen-bond donors (Lipinski definition) is 1. The van der Waals surface area contributed by atoms with E-state index in [9.17, 15) is 13.2 Å². The summed E-state index contributed by atoms with van der Waals surface area (Å²) >= 11 is 2.99. The van der Waals surface area contributed by atoms with Crippen LogP contribution < -0.4 is 5.73 Å². The highest BCUT2D eigenvalue weighted by Crippen LogP contribution is 2.34. The van der Waals surface area contributed by atoms with Crippen molar-refractivity contribution in [2.24, 2.45) is 5.73 Å². The molecule has 0 aliphatic heterocycles. The summed E-state index contributed by atoms with van der Waals surface area (Å²) in [5.74, 6) is 0.250. The van der Waals surface area contributed by atoms with E-state index in [4.69, 9.17) is 5.73 Å². The van der Waals surface area contributed by atoms with E-state index >= 15 is 0 Å². The van der Waals surface area contributed by atoms with E-state index in [2.05, 4.69) is 25.9 Å². The molecule has 19 heavy (non-hydrogen) atoms. The zero-order chi connectivity index (χ0) is 14.0. The van der Waals surface area contributed by atoms with Gasteiger partial charge >= 0.3 is 6.18 Å². The second-order valence-corrected chi connectivity index (χ2v) is 4.69. The van der Waals surface area contributed by atoms with Crippen LogP contribution in [0.15, 0.2) is 29.1 Å². The Hall–Kier alpha value is -1.41. The van der Waals surface area contributed by atoms with Gasteiger partial charge < -0.3 is 5.73 Å². The molecule has 0 bridgehead atoms. The maximum Gasteiger partial charge on any atom is 0.420 e. The molecule has 2 aromatic rings. The number of nitrogens with two attached hydrogens (primary N) is 1. The average molecular weight is 335 g/mol. The molecule has 0 amide bonds. The highest BCUT2D eigenvalue weighted by atomic mass is 79.9. The Morgan fingerprint density at radius 1 is 1.32 bits per heavy atom. The minimum absolute atomic E-state index is 0.198. The summed E-state index contributed by atoms with van der Waals surface area (Å²) in [5, 5.41) is 0. The number of halogens is 4. The van der Waals surface area contributed by atoms with Gasteiger partial charge in [-0.25, -0.2) is 9.97 Å². The van der Waals surface area contributed by atoms with Crippen LogP contribution in [0.4, 0.5) is 13.2 Å². The Balaban J connectivity index is 2.58. The fourth-order valence-corrected chi connectivity index (χ4v) is 2.01. The Kier molecular flexibility index (Phi) is 3.91. The largest absolute Gasteiger partial charge is 0.420 e. The molecule has 0 aromatic carbocycles. The van der Waals surface area contributed by atoms with Gasteiger partial charge in [0.15, 0.2) is 0 Å². The number of aromatic nitrogens is 3. The van der Waals surface area contributed by atoms with Crippen molar-refractivity contribution in [3.8, 4) is 5.82 Å². The number of nitrogens with zero attached hydrogens (tertiary/aromatic N) is 3. The van der Waals surface area contributed by atoms with Gasteiger partial charge in [-0.3, -0.25) is 4.57 Å². The normalized spacial score (nSPS) is 11.8. The van der Waals surface area contributed by atoms with Gasteiger partial charge in [0.1, 0.15) is 11.6 Å². The molecule has 0 aliphatic carbocycles. The Bertz CT molecular complexity index is 580. The van der Waals surface area contributed by atoms with E-state index in [-0.39, 0.29) is 10.3 Å². The lowest BCUT2D eigenvalue weighted by molar-refractivity contribution is -0.137. The van der Waals surface area contributed by atoms with Crippen molar-refractivity contribution in [1.82, 2.24) is 14.5 Å². The first-order valence-electron chi connectivity index (χ1n) is 5.39. The quantitative estimate of drug-likeness (QED) is 0.938. The third kappa shape index (κ3) is 2.95. The number of alkyl halides is 3. The van der Waals surface area contributed by atoms with Crippen LogP contribution in [0.2, 0.25) is 0 Å². The van der Waals surface area contributed by atoms with Crippen LogP contribution in [-0.2, 0) is 12.6 Å². The second-order valence-electron chi connectivity index (χ2n) is 3.77. The molecule has 2 rings (SSSR count). The predicted molar refractivity (Wildman–Crippen MR) is 66.8 cm³/mol. The van der Waals surface area contributed by atoms with Crippen LogP contribution in [0.1, 0.15) is 11.4 Å². The van der Waals surface area contributed by atoms with Crippen molar-refractivity contribution in [2.75, 3.05) is 6.54 Å². The van der Waals surface area contributed by atoms with E-state index in [1.165, 1.54) is 23.2 Å². The highest BCUT2D eigenvalue weighted by molar-refractivity contribution is 9.10. The number of rotatable bonds is 3. The molecule has 0 spiro atoms. The first-order valence-corrected chi connectivity index (χ1v) is 6.18. The van der Waals surface area contributed by atoms with E-state index in [1.807, 2.05) is 0 Å². The molecule has 0 unspecified atom stereocenters. The Morgan fingerprint density at radius 2 is 2.05 bits per heavy atom. The maximum atomic E-state index is 13.0. The minimum Gasteiger partial charge on any atom is -0.330 e. The second kappa shape index (κ2) is 5.30. The van der Waals surface area contributed by atoms with Crippen LogP contribution in [0.3, 0.4) is 0 Å². The lowest BCUT2D eigenvalue weighted by atomic mass is 10.2. The van der Waals surface area contributed by atoms with Gasteiger partial charge in [0.05, 0.1) is 5.56 Å². The summed E-state index contributed by atoms with van der Waals surface area (Å²) in [6.45, 7) is 0.300. The predicted octanol–water partition coefficient (Wildman–Crippen LogP) is 2.55. The summed E-state index contributed by atoms with van der Waals surface area (Å²) in [6.07, 6.45) is 0.0700. The number of pyridine rings is 1. The zero-order valence-electron chi connectivity index (χ0n) is 9.65. The molecule has 4 nitrogen and oxygen atoms in total. The SMILES string of the molecule is NCCc1nccn1-c1ncc(Br)cc1C(F)(F)F. The van der Waals surface area contributed by atoms with Gasteiger partial charge in [0, 0.05) is 29.5 Å². The summed E-state index contributed by atoms with van der Waals surface area (Å²) in [4.78, 5) is 7.84. The topological polar surface area (TPSA) is 56.7 Å². The van der Waals surface area contributed by atoms with Crippen molar-refractivity contribution in [1.29, 1.82) is 0 Å². The Morgan fingerprint density at radius 3 is 2.68 bits per heavy atom. The van der Waals surface area contributed by atoms with E-state index in [0.717, 1.165) is 6.07 Å². The van der Waals surface area contributed by atoms with Crippen LogP contribution in [-0.4, -0.2) is 21.1 Å². The minimum atomic E-state index is -4.49. The standard InChI is InChI=1S/C11H10BrF3N4/c12-7-5-8(11(13,14)15)10(18-6-7)19-4-3-17-9(19)1-2-16/h3-6H,1-2,16H2. The van der Waals surface area contributed by atoms with Crippen molar-refractivity contribution in [3.05, 3.63) is 40.5 Å². The first kappa shape index (κ1) is 14.0. The van der Waals surface area contributed by atoms with Gasteiger partial charge in [-0.15, -0.1) is 0 Å². The molecule has 0 aliphatic rings. The fourth-order valence-electron chi connectivity index (χ4n) is 1.67. The zero-order valence-corrected chi connectivity index (χ0v) is 11.2. The van der Waals surface area contributed by atoms with Gasteiger partial charge in [-0.2, -0.15) is 13.2 Å². The van der Waals surface area contributed by atoms with Crippen molar-refractivity contribution < 1.29 is 13.2 Å². The lowest BCUT2D eigenvalue weighted by Crippen LogP contribution is -2.15. The molecular formula is C11H10BrF3N4. The molecule has 2 aromatic heterocycles. The lowest BCUT2D eigenvalue weighted by Gasteiger charge is -2.14. The average Bonchev–Trinajstić information content (AvgIpc) is 2.76. The Labute approximate surface area is 115 Å². The summed E-state index contributed by atoms with van der Waals surface area (Å²) < 4.78 is 40.6. The van der Waals surface area contributed by atoms with Crippen molar-refractivity contribution >= 4 is 15.9 Å². The fraction of sp³-hybridized carbons (Fsp3) is 0.273. The van der Waals surface area contributed by atoms with Gasteiger partial charge in [-0.05, 0) is 28.5 Å². The number of hydrogen-bond acceptors (Lipinski definition) is 3. The number of imidazole rings is 1. The third-order valence-corrected chi connectivity index (χ3v) is 2.89. The van der Waals surface area contributed by atoms with Gasteiger partial charge in [-0.1, -0.05) is 0 Å². The molecule has 0 radical (unpaired) electrons. The van der Waals surface area contributed by atoms with Gasteiger partial charge in [0.25, 0.3) is 0 Å². The van der Waals surface area contributed by atoms with Crippen molar-refractivity contribution in [3.63, 3.8) is 0 Å². The molecule has 0 atom stereocenters.